The zero-order valence-corrected chi connectivity index (χ0v) is 23.6. The summed E-state index contributed by atoms with van der Waals surface area (Å²) in [4.78, 5) is 25.6. The normalized spacial score (nSPS) is 32.4. The quantitative estimate of drug-likeness (QED) is 0.231. The molecule has 6 nitrogen and oxygen atoms in total. The number of allylic oxidation sites excluding steroid dienone is 3. The fourth-order valence-electron chi connectivity index (χ4n) is 6.16. The van der Waals surface area contributed by atoms with E-state index < -0.39 is 34.6 Å². The van der Waals surface area contributed by atoms with E-state index in [4.69, 9.17) is 9.47 Å². The number of esters is 2. The monoisotopic (exact) mass is 504 g/mol. The second-order valence-electron chi connectivity index (χ2n) is 11.9. The van der Waals surface area contributed by atoms with Gasteiger partial charge in [-0.3, -0.25) is 4.79 Å². The third-order valence-corrected chi connectivity index (χ3v) is 9.10. The Morgan fingerprint density at radius 2 is 2.00 bits per heavy atom. The molecule has 7 atom stereocenters. The Bertz CT molecular complexity index is 882. The number of carbonyl (C=O) groups is 2. The topological polar surface area (TPSA) is 93.1 Å². The summed E-state index contributed by atoms with van der Waals surface area (Å²) in [7, 11) is 0. The third kappa shape index (κ3) is 6.13. The number of hydrogen-bond donors (Lipinski definition) is 2. The van der Waals surface area contributed by atoms with E-state index in [-0.39, 0.29) is 30.3 Å². The van der Waals surface area contributed by atoms with Crippen LogP contribution in [0.3, 0.4) is 0 Å². The summed E-state index contributed by atoms with van der Waals surface area (Å²) in [5.41, 5.74) is -0.533. The van der Waals surface area contributed by atoms with Crippen LogP contribution in [-0.4, -0.2) is 46.6 Å². The van der Waals surface area contributed by atoms with Crippen LogP contribution in [0.2, 0.25) is 0 Å². The molecule has 6 heteroatoms. The van der Waals surface area contributed by atoms with Crippen molar-refractivity contribution < 1.29 is 29.3 Å². The fourth-order valence-corrected chi connectivity index (χ4v) is 6.16. The van der Waals surface area contributed by atoms with Crippen LogP contribution in [0.25, 0.3) is 0 Å². The summed E-state index contributed by atoms with van der Waals surface area (Å²) >= 11 is 0. The largest absolute Gasteiger partial charge is 0.465 e. The Balaban J connectivity index is 2.58. The molecule has 0 amide bonds. The second-order valence-corrected chi connectivity index (χ2v) is 11.9. The minimum Gasteiger partial charge on any atom is -0.465 e. The number of ether oxygens (including phenoxy) is 2. The first kappa shape index (κ1) is 30.3. The van der Waals surface area contributed by atoms with Gasteiger partial charge < -0.3 is 19.7 Å². The van der Waals surface area contributed by atoms with Gasteiger partial charge in [0.15, 0.2) is 0 Å². The van der Waals surface area contributed by atoms with E-state index in [0.717, 1.165) is 6.42 Å². The molecule has 0 radical (unpaired) electrons. The molecular formula is C30H48O6. The van der Waals surface area contributed by atoms with Crippen LogP contribution in [0.15, 0.2) is 36.0 Å². The van der Waals surface area contributed by atoms with E-state index in [9.17, 15) is 19.8 Å². The van der Waals surface area contributed by atoms with Gasteiger partial charge in [-0.1, -0.05) is 51.5 Å². The first-order chi connectivity index (χ1) is 16.7. The van der Waals surface area contributed by atoms with Gasteiger partial charge in [0.25, 0.3) is 0 Å². The standard InChI is InChI=1S/C30H48O6/c1-10-19(4)26(32)35-18-30-17-23(36-27(33)20(5)11-2)25(31)28(7,8)24(30)14-13-21(6)22(30)15-16-29(9,34)12-3/h11-13,19,22-25,31,34H,3,10,14-18H2,1-2,4-9H3. The maximum absolute atomic E-state index is 12.8. The third-order valence-electron chi connectivity index (χ3n) is 9.10. The molecule has 36 heavy (non-hydrogen) atoms. The summed E-state index contributed by atoms with van der Waals surface area (Å²) < 4.78 is 11.9. The minimum atomic E-state index is -1.03. The van der Waals surface area contributed by atoms with Crippen LogP contribution < -0.4 is 0 Å². The van der Waals surface area contributed by atoms with Gasteiger partial charge in [-0.2, -0.15) is 0 Å². The zero-order chi connectivity index (χ0) is 27.5. The van der Waals surface area contributed by atoms with E-state index in [0.29, 0.717) is 31.3 Å². The molecule has 0 bridgehead atoms. The predicted molar refractivity (Wildman–Crippen MR) is 142 cm³/mol. The Kier molecular flexibility index (Phi) is 9.80. The van der Waals surface area contributed by atoms with Crippen LogP contribution in [0.1, 0.15) is 87.5 Å². The molecule has 0 aromatic carbocycles. The highest BCUT2D eigenvalue weighted by Crippen LogP contribution is 2.61. The molecule has 1 saturated carbocycles. The molecule has 204 valence electrons. The summed E-state index contributed by atoms with van der Waals surface area (Å²) in [5, 5.41) is 22.1. The number of hydrogen-bond acceptors (Lipinski definition) is 6. The molecule has 0 heterocycles. The van der Waals surface area contributed by atoms with Crippen molar-refractivity contribution in [2.24, 2.45) is 28.6 Å². The van der Waals surface area contributed by atoms with Crippen molar-refractivity contribution in [3.63, 3.8) is 0 Å². The number of carbonyl (C=O) groups excluding carboxylic acids is 2. The smallest absolute Gasteiger partial charge is 0.333 e. The van der Waals surface area contributed by atoms with Crippen molar-refractivity contribution in [3.05, 3.63) is 36.0 Å². The van der Waals surface area contributed by atoms with Gasteiger partial charge in [0.1, 0.15) is 6.10 Å². The fraction of sp³-hybridized carbons (Fsp3) is 0.733. The summed E-state index contributed by atoms with van der Waals surface area (Å²) in [6.45, 7) is 19.1. The van der Waals surface area contributed by atoms with E-state index >= 15 is 0 Å². The van der Waals surface area contributed by atoms with Crippen LogP contribution >= 0.6 is 0 Å². The van der Waals surface area contributed by atoms with Crippen LogP contribution in [-0.2, 0) is 19.1 Å². The van der Waals surface area contributed by atoms with Gasteiger partial charge in [0.05, 0.1) is 24.2 Å². The van der Waals surface area contributed by atoms with Crippen molar-refractivity contribution in [2.45, 2.75) is 105 Å². The maximum Gasteiger partial charge on any atom is 0.333 e. The lowest BCUT2D eigenvalue weighted by Crippen LogP contribution is -2.63. The SMILES string of the molecule is C=CC(C)(O)CCC1C(C)=CCC2C(C)(C)C(O)C(OC(=O)C(C)=CC)CC12COC(=O)C(C)CC. The Morgan fingerprint density at radius 3 is 2.56 bits per heavy atom. The molecule has 2 N–H and O–H groups in total. The molecule has 7 unspecified atom stereocenters. The molecular weight excluding hydrogens is 456 g/mol. The maximum atomic E-state index is 12.8. The molecule has 2 aliphatic carbocycles. The molecule has 2 aliphatic rings. The first-order valence-electron chi connectivity index (χ1n) is 13.4. The van der Waals surface area contributed by atoms with E-state index in [2.05, 4.69) is 19.6 Å². The van der Waals surface area contributed by atoms with Gasteiger partial charge in [-0.05, 0) is 77.0 Å². The minimum absolute atomic E-state index is 0.00937. The van der Waals surface area contributed by atoms with Crippen molar-refractivity contribution in [1.82, 2.24) is 0 Å². The van der Waals surface area contributed by atoms with Gasteiger partial charge in [0, 0.05) is 11.0 Å². The van der Waals surface area contributed by atoms with Gasteiger partial charge >= 0.3 is 11.9 Å². The van der Waals surface area contributed by atoms with Crippen molar-refractivity contribution in [1.29, 1.82) is 0 Å². The summed E-state index contributed by atoms with van der Waals surface area (Å²) in [5.74, 6) is -0.935. The number of rotatable bonds is 10. The summed E-state index contributed by atoms with van der Waals surface area (Å²) in [6, 6.07) is 0. The van der Waals surface area contributed by atoms with Crippen molar-refractivity contribution in [2.75, 3.05) is 6.61 Å². The van der Waals surface area contributed by atoms with Gasteiger partial charge in [-0.25, -0.2) is 4.79 Å². The van der Waals surface area contributed by atoms with Gasteiger partial charge in [-0.15, -0.1) is 6.58 Å². The van der Waals surface area contributed by atoms with E-state index in [1.54, 1.807) is 32.9 Å². The lowest BCUT2D eigenvalue weighted by Gasteiger charge is -2.61. The molecule has 2 rings (SSSR count). The Labute approximate surface area is 217 Å². The molecule has 0 saturated heterocycles. The lowest BCUT2D eigenvalue weighted by atomic mass is 9.46. The van der Waals surface area contributed by atoms with Crippen molar-refractivity contribution >= 4 is 11.9 Å². The van der Waals surface area contributed by atoms with Crippen molar-refractivity contribution in [3.8, 4) is 0 Å². The predicted octanol–water partition coefficient (Wildman–Crippen LogP) is 5.53. The average molecular weight is 505 g/mol. The molecule has 0 aromatic rings. The van der Waals surface area contributed by atoms with Crippen LogP contribution in [0.5, 0.6) is 0 Å². The Morgan fingerprint density at radius 1 is 1.36 bits per heavy atom. The van der Waals surface area contributed by atoms with Crippen LogP contribution in [0.4, 0.5) is 0 Å². The molecule has 0 aliphatic heterocycles. The average Bonchev–Trinajstić information content (AvgIpc) is 2.83. The lowest BCUT2D eigenvalue weighted by molar-refractivity contribution is -0.212. The molecule has 1 fully saturated rings. The second kappa shape index (κ2) is 11.6. The van der Waals surface area contributed by atoms with E-state index in [1.807, 2.05) is 27.7 Å². The molecule has 0 aromatic heterocycles. The highest BCUT2D eigenvalue weighted by molar-refractivity contribution is 5.87. The van der Waals surface area contributed by atoms with Crippen LogP contribution in [0, 0.1) is 28.6 Å². The molecule has 0 spiro atoms. The zero-order valence-electron chi connectivity index (χ0n) is 23.6. The van der Waals surface area contributed by atoms with Gasteiger partial charge in [0.2, 0.25) is 0 Å². The Hall–Kier alpha value is -1.92. The van der Waals surface area contributed by atoms with E-state index in [1.165, 1.54) is 5.57 Å². The highest BCUT2D eigenvalue weighted by atomic mass is 16.6. The summed E-state index contributed by atoms with van der Waals surface area (Å²) in [6.07, 6.45) is 6.82. The first-order valence-corrected chi connectivity index (χ1v) is 13.4. The number of aliphatic hydroxyl groups is 2. The number of fused-ring (bicyclic) bond motifs is 1. The highest BCUT2D eigenvalue weighted by Gasteiger charge is 2.62. The number of aliphatic hydroxyl groups excluding tert-OH is 1.